The van der Waals surface area contributed by atoms with Crippen LogP contribution in [0.2, 0.25) is 21.6 Å². The summed E-state index contributed by atoms with van der Waals surface area (Å²) in [6.45, 7) is 13.8. The van der Waals surface area contributed by atoms with Gasteiger partial charge in [0.05, 0.1) is 17.4 Å². The summed E-state index contributed by atoms with van der Waals surface area (Å²) in [5.41, 5.74) is 5.50. The van der Waals surface area contributed by atoms with Crippen LogP contribution in [0, 0.1) is 11.6 Å². The van der Waals surface area contributed by atoms with Gasteiger partial charge in [-0.3, -0.25) is 0 Å². The maximum absolute atomic E-state index is 5.86. The third kappa shape index (κ3) is 2.99. The van der Waals surface area contributed by atoms with Crippen molar-refractivity contribution in [3.8, 4) is 11.6 Å². The van der Waals surface area contributed by atoms with Crippen LogP contribution in [0.25, 0.3) is 0 Å². The lowest BCUT2D eigenvalue weighted by molar-refractivity contribution is 0.836. The van der Waals surface area contributed by atoms with E-state index >= 15 is 0 Å². The fourth-order valence-electron chi connectivity index (χ4n) is 2.95. The molecule has 0 radical (unpaired) electrons. The number of nitrogens with zero attached hydrogens (tertiary/aromatic N) is 2. The molecule has 2 nitrogen and oxygen atoms in total. The van der Waals surface area contributed by atoms with Crippen molar-refractivity contribution < 1.29 is 0 Å². The van der Waals surface area contributed by atoms with Gasteiger partial charge < -0.3 is 0 Å². The Morgan fingerprint density at radius 3 is 1.94 bits per heavy atom. The van der Waals surface area contributed by atoms with E-state index < -0.39 is 8.07 Å². The molecular weight excluding hydrogens is 260 g/mol. The van der Waals surface area contributed by atoms with Gasteiger partial charge in [-0.25, -0.2) is 0 Å². The zero-order valence-electron chi connectivity index (χ0n) is 12.2. The highest BCUT2D eigenvalue weighted by atomic mass is 35.5. The van der Waals surface area contributed by atoms with Gasteiger partial charge in [0.25, 0.3) is 0 Å². The molecule has 0 aromatic carbocycles. The largest absolute Gasteiger partial charge is 0.196 e. The monoisotopic (exact) mass is 282 g/mol. The van der Waals surface area contributed by atoms with Crippen molar-refractivity contribution >= 4 is 19.7 Å². The lowest BCUT2D eigenvalue weighted by Gasteiger charge is -2.37. The van der Waals surface area contributed by atoms with Gasteiger partial charge in [-0.1, -0.05) is 53.1 Å². The van der Waals surface area contributed by atoms with E-state index in [1.54, 1.807) is 17.1 Å². The molecule has 0 fully saturated rings. The molecule has 1 rings (SSSR count). The van der Waals surface area contributed by atoms with E-state index in [0.29, 0.717) is 21.6 Å². The average molecular weight is 283 g/mol. The minimum atomic E-state index is -1.67. The van der Waals surface area contributed by atoms with Gasteiger partial charge in [0.15, 0.2) is 0 Å². The van der Waals surface area contributed by atoms with E-state index in [2.05, 4.69) is 58.2 Å². The van der Waals surface area contributed by atoms with Crippen molar-refractivity contribution in [1.29, 1.82) is 0 Å². The summed E-state index contributed by atoms with van der Waals surface area (Å²) in [5.74, 6) is 0. The smallest absolute Gasteiger partial charge is 0.148 e. The Morgan fingerprint density at radius 1 is 1.11 bits per heavy atom. The minimum absolute atomic E-state index is 0.634. The number of hydrogen-bond donors (Lipinski definition) is 0. The first-order chi connectivity index (χ1) is 8.30. The molecule has 18 heavy (non-hydrogen) atoms. The second kappa shape index (κ2) is 5.95. The Bertz CT molecular complexity index is 430. The standard InChI is InChI=1S/C14H23ClN2Si/c1-11(2)18(12(3)4,13(5)6)8-7-17-10-14(15)9-16-17/h9-13H,1-6H3. The first kappa shape index (κ1) is 15.3. The molecule has 0 N–H and O–H groups in total. The summed E-state index contributed by atoms with van der Waals surface area (Å²) < 4.78 is 1.64. The molecule has 0 atom stereocenters. The van der Waals surface area contributed by atoms with Crippen LogP contribution in [-0.4, -0.2) is 17.9 Å². The first-order valence-electron chi connectivity index (χ1n) is 6.54. The normalized spacial score (nSPS) is 12.1. The van der Waals surface area contributed by atoms with Crippen molar-refractivity contribution in [3.05, 3.63) is 17.4 Å². The number of rotatable bonds is 3. The van der Waals surface area contributed by atoms with Crippen LogP contribution in [-0.2, 0) is 0 Å². The third-order valence-corrected chi connectivity index (χ3v) is 10.3. The summed E-state index contributed by atoms with van der Waals surface area (Å²) in [6, 6.07) is 3.18. The summed E-state index contributed by atoms with van der Waals surface area (Å²) in [4.78, 5) is 0. The molecule has 0 aliphatic carbocycles. The molecule has 0 saturated heterocycles. The molecule has 0 unspecified atom stereocenters. The predicted molar refractivity (Wildman–Crippen MR) is 81.5 cm³/mol. The van der Waals surface area contributed by atoms with Crippen LogP contribution in [0.5, 0.6) is 0 Å². The number of halogens is 1. The van der Waals surface area contributed by atoms with Crippen molar-refractivity contribution in [2.24, 2.45) is 0 Å². The fraction of sp³-hybridized carbons (Fsp3) is 0.643. The third-order valence-electron chi connectivity index (χ3n) is 3.80. The molecule has 1 heterocycles. The van der Waals surface area contributed by atoms with Crippen LogP contribution < -0.4 is 0 Å². The molecule has 0 bridgehead atoms. The molecule has 100 valence electrons. The Balaban J connectivity index is 3.17. The van der Waals surface area contributed by atoms with Crippen LogP contribution in [0.4, 0.5) is 0 Å². The number of aromatic nitrogens is 2. The van der Waals surface area contributed by atoms with Gasteiger partial charge in [-0.05, 0) is 16.6 Å². The van der Waals surface area contributed by atoms with Gasteiger partial charge in [0, 0.05) is 6.04 Å². The Morgan fingerprint density at radius 2 is 1.61 bits per heavy atom. The van der Waals surface area contributed by atoms with E-state index in [1.807, 2.05) is 0 Å². The van der Waals surface area contributed by atoms with Crippen molar-refractivity contribution in [2.75, 3.05) is 0 Å². The second-order valence-electron chi connectivity index (χ2n) is 5.74. The highest BCUT2D eigenvalue weighted by molar-refractivity contribution is 6.90. The minimum Gasteiger partial charge on any atom is -0.196 e. The topological polar surface area (TPSA) is 17.8 Å². The zero-order chi connectivity index (χ0) is 13.9. The Labute approximate surface area is 117 Å². The molecule has 4 heteroatoms. The summed E-state index contributed by atoms with van der Waals surface area (Å²) in [7, 11) is -1.67. The zero-order valence-corrected chi connectivity index (χ0v) is 13.9. The van der Waals surface area contributed by atoms with Crippen molar-refractivity contribution in [3.63, 3.8) is 0 Å². The molecule has 0 aliphatic heterocycles. The van der Waals surface area contributed by atoms with E-state index in [9.17, 15) is 0 Å². The van der Waals surface area contributed by atoms with Crippen molar-refractivity contribution in [2.45, 2.75) is 58.2 Å². The van der Waals surface area contributed by atoms with Gasteiger partial charge >= 0.3 is 0 Å². The van der Waals surface area contributed by atoms with Crippen LogP contribution in [0.3, 0.4) is 0 Å². The predicted octanol–water partition coefficient (Wildman–Crippen LogP) is 4.56. The SMILES string of the molecule is CC(C)[Si](C#Cn1cc(Cl)cn1)(C(C)C)C(C)C. The highest BCUT2D eigenvalue weighted by Crippen LogP contribution is 2.40. The Kier molecular flexibility index (Phi) is 5.07. The quantitative estimate of drug-likeness (QED) is 0.587. The van der Waals surface area contributed by atoms with Crippen LogP contribution in [0.1, 0.15) is 41.5 Å². The van der Waals surface area contributed by atoms with Gasteiger partial charge in [-0.2, -0.15) is 9.78 Å². The summed E-state index contributed by atoms with van der Waals surface area (Å²) >= 11 is 5.86. The van der Waals surface area contributed by atoms with E-state index in [1.165, 1.54) is 0 Å². The van der Waals surface area contributed by atoms with Crippen LogP contribution in [0.15, 0.2) is 12.4 Å². The van der Waals surface area contributed by atoms with Gasteiger partial charge in [0.2, 0.25) is 0 Å². The van der Waals surface area contributed by atoms with E-state index in [0.717, 1.165) is 0 Å². The highest BCUT2D eigenvalue weighted by Gasteiger charge is 2.41. The summed E-state index contributed by atoms with van der Waals surface area (Å²) in [6.07, 6.45) is 3.38. The average Bonchev–Trinajstić information content (AvgIpc) is 2.63. The maximum Gasteiger partial charge on any atom is 0.148 e. The Hall–Kier alpha value is -0.723. The molecule has 1 aromatic heterocycles. The molecule has 0 aliphatic rings. The first-order valence-corrected chi connectivity index (χ1v) is 9.15. The lowest BCUT2D eigenvalue weighted by Crippen LogP contribution is -2.43. The van der Waals surface area contributed by atoms with E-state index in [4.69, 9.17) is 11.6 Å². The lowest BCUT2D eigenvalue weighted by atomic mass is 10.5. The molecule has 0 amide bonds. The molecular formula is C14H23ClN2Si. The number of hydrogen-bond acceptors (Lipinski definition) is 1. The van der Waals surface area contributed by atoms with E-state index in [-0.39, 0.29) is 0 Å². The summed E-state index contributed by atoms with van der Waals surface area (Å²) in [5, 5.41) is 4.76. The van der Waals surface area contributed by atoms with Gasteiger partial charge in [0.1, 0.15) is 8.07 Å². The van der Waals surface area contributed by atoms with Crippen LogP contribution >= 0.6 is 11.6 Å². The van der Waals surface area contributed by atoms with Gasteiger partial charge in [-0.15, -0.1) is 5.54 Å². The molecule has 0 saturated carbocycles. The fourth-order valence-corrected chi connectivity index (χ4v) is 8.26. The maximum atomic E-state index is 5.86. The second-order valence-corrected chi connectivity index (χ2v) is 11.8. The molecule has 0 spiro atoms. The molecule has 1 aromatic rings. The van der Waals surface area contributed by atoms with Crippen molar-refractivity contribution in [1.82, 2.24) is 9.78 Å².